The molecule has 2 nitrogen and oxygen atoms in total. The number of furan rings is 1. The Morgan fingerprint density at radius 3 is 2.06 bits per heavy atom. The van der Waals surface area contributed by atoms with Crippen LogP contribution in [0.25, 0.3) is 108 Å². The molecule has 10 aromatic carbocycles. The van der Waals surface area contributed by atoms with E-state index in [1.54, 1.807) is 0 Å². The molecule has 0 spiro atoms. The van der Waals surface area contributed by atoms with Crippen LogP contribution in [0.2, 0.25) is 0 Å². The van der Waals surface area contributed by atoms with Gasteiger partial charge in [0.25, 0.3) is 0 Å². The van der Waals surface area contributed by atoms with Gasteiger partial charge in [0.2, 0.25) is 0 Å². The Bertz CT molecular complexity index is 4100. The lowest BCUT2D eigenvalue weighted by atomic mass is 9.85. The van der Waals surface area contributed by atoms with Crippen molar-refractivity contribution in [3.63, 3.8) is 0 Å². The summed E-state index contributed by atoms with van der Waals surface area (Å²) in [5.74, 6) is 0. The summed E-state index contributed by atoms with van der Waals surface area (Å²) >= 11 is 1.90. The number of fused-ring (bicyclic) bond motifs is 12. The number of allylic oxidation sites excluding steroid dienone is 5. The van der Waals surface area contributed by atoms with E-state index in [0.717, 1.165) is 70.1 Å². The second-order valence-electron chi connectivity index (χ2n) is 18.2. The summed E-state index contributed by atoms with van der Waals surface area (Å²) in [6.45, 7) is 0. The third-order valence-corrected chi connectivity index (χ3v) is 15.5. The maximum absolute atomic E-state index is 6.49. The molecule has 0 atom stereocenters. The highest BCUT2D eigenvalue weighted by Gasteiger charge is 2.22. The fourth-order valence-electron chi connectivity index (χ4n) is 11.1. The van der Waals surface area contributed by atoms with Crippen LogP contribution in [-0.4, -0.2) is 0 Å². The van der Waals surface area contributed by atoms with Gasteiger partial charge in [-0.1, -0.05) is 140 Å². The first-order valence-electron chi connectivity index (χ1n) is 23.5. The molecule has 0 aliphatic heterocycles. The van der Waals surface area contributed by atoms with Gasteiger partial charge in [0.1, 0.15) is 11.2 Å². The van der Waals surface area contributed by atoms with Gasteiger partial charge in [-0.15, -0.1) is 11.3 Å². The van der Waals surface area contributed by atoms with Crippen molar-refractivity contribution in [2.45, 2.75) is 25.7 Å². The van der Waals surface area contributed by atoms with Crippen molar-refractivity contribution in [1.82, 2.24) is 0 Å². The summed E-state index contributed by atoms with van der Waals surface area (Å²) in [6.07, 6.45) is 13.4. The summed E-state index contributed by atoms with van der Waals surface area (Å²) in [4.78, 5) is 2.48. The number of benzene rings is 10. The molecule has 0 fully saturated rings. The van der Waals surface area contributed by atoms with Gasteiger partial charge in [-0.2, -0.15) is 0 Å². The van der Waals surface area contributed by atoms with Gasteiger partial charge in [0, 0.05) is 48.0 Å². The quantitative estimate of drug-likeness (QED) is 0.165. The molecule has 2 heterocycles. The second kappa shape index (κ2) is 15.3. The molecule has 3 heteroatoms. The highest BCUT2D eigenvalue weighted by molar-refractivity contribution is 7.26. The zero-order valence-electron chi connectivity index (χ0n) is 36.8. The smallest absolute Gasteiger partial charge is 0.136 e. The zero-order valence-corrected chi connectivity index (χ0v) is 37.6. The highest BCUT2D eigenvalue weighted by Crippen LogP contribution is 2.44. The van der Waals surface area contributed by atoms with Gasteiger partial charge >= 0.3 is 0 Å². The fourth-order valence-corrected chi connectivity index (χ4v) is 12.3. The number of aryl methyl sites for hydroxylation is 1. The molecular formula is C64H43NOS. The van der Waals surface area contributed by atoms with Crippen LogP contribution in [0.4, 0.5) is 11.4 Å². The van der Waals surface area contributed by atoms with E-state index in [-0.39, 0.29) is 0 Å². The van der Waals surface area contributed by atoms with E-state index in [9.17, 15) is 0 Å². The largest absolute Gasteiger partial charge is 0.456 e. The number of anilines is 2. The number of rotatable bonds is 6. The molecule has 0 bridgehead atoms. The molecule has 12 aromatic rings. The Balaban J connectivity index is 0.859. The van der Waals surface area contributed by atoms with Gasteiger partial charge < -0.3 is 9.32 Å². The summed E-state index contributed by atoms with van der Waals surface area (Å²) in [6, 6.07) is 69.6. The standard InChI is InChI=1S/C64H43NOS/c1-2-12-44-37-61-59(35-43(44)11-1)56-31-24-45(38-60(56)66-61)40-20-27-49(28-21-40)65(51-15-9-14-47(34-51)58-36-48-13-4-5-16-52(48)54-18-7-8-19-55(54)58)50-29-22-41(23-30-50)46-25-32-57-63(39-46)67-62-33-26-42-10-3-6-17-53(42)64(57)62/h1-6,8-17,19-22,24-29,31-39H,7,18,23,30H2. The lowest BCUT2D eigenvalue weighted by molar-refractivity contribution is 0.669. The molecule has 0 N–H and O–H groups in total. The van der Waals surface area contributed by atoms with Crippen molar-refractivity contribution in [3.05, 3.63) is 229 Å². The number of thiophene rings is 1. The third-order valence-electron chi connectivity index (χ3n) is 14.4. The van der Waals surface area contributed by atoms with Gasteiger partial charge in [-0.25, -0.2) is 0 Å². The van der Waals surface area contributed by atoms with Crippen LogP contribution in [0.15, 0.2) is 216 Å². The van der Waals surface area contributed by atoms with Crippen LogP contribution in [0, 0.1) is 0 Å². The summed E-state index contributed by atoms with van der Waals surface area (Å²) in [7, 11) is 0. The average Bonchev–Trinajstić information content (AvgIpc) is 3.95. The first-order valence-corrected chi connectivity index (χ1v) is 24.3. The topological polar surface area (TPSA) is 16.4 Å². The molecule has 2 aliphatic carbocycles. The number of hydrogen-bond acceptors (Lipinski definition) is 3. The normalized spacial score (nSPS) is 13.9. The molecule has 0 saturated heterocycles. The monoisotopic (exact) mass is 873 g/mol. The molecule has 0 radical (unpaired) electrons. The molecule has 2 aliphatic rings. The molecule has 67 heavy (non-hydrogen) atoms. The molecule has 0 saturated carbocycles. The maximum atomic E-state index is 6.49. The van der Waals surface area contributed by atoms with Crippen LogP contribution >= 0.6 is 11.3 Å². The second-order valence-corrected chi connectivity index (χ2v) is 19.3. The lowest BCUT2D eigenvalue weighted by Gasteiger charge is -2.30. The maximum Gasteiger partial charge on any atom is 0.136 e. The Labute approximate surface area is 392 Å². The van der Waals surface area contributed by atoms with E-state index in [0.29, 0.717) is 0 Å². The zero-order chi connectivity index (χ0) is 44.0. The van der Waals surface area contributed by atoms with Gasteiger partial charge in [0.15, 0.2) is 0 Å². The van der Waals surface area contributed by atoms with Gasteiger partial charge in [-0.3, -0.25) is 0 Å². The van der Waals surface area contributed by atoms with Crippen LogP contribution < -0.4 is 4.90 Å². The summed E-state index contributed by atoms with van der Waals surface area (Å²) < 4.78 is 9.18. The minimum absolute atomic E-state index is 0.908. The lowest BCUT2D eigenvalue weighted by Crippen LogP contribution is -2.18. The minimum atomic E-state index is 0.908. The van der Waals surface area contributed by atoms with Crippen LogP contribution in [0.5, 0.6) is 0 Å². The van der Waals surface area contributed by atoms with E-state index in [4.69, 9.17) is 4.42 Å². The Morgan fingerprint density at radius 2 is 1.19 bits per heavy atom. The molecular weight excluding hydrogens is 831 g/mol. The van der Waals surface area contributed by atoms with Crippen molar-refractivity contribution in [2.24, 2.45) is 0 Å². The SMILES string of the molecule is C1=Cc2c(-c3cccc(N(C4=CC=C(c5ccc6c(c5)sc5ccc7ccccc7c56)CC4)c4ccc(-c5ccc6c(c5)oc5cc7ccccc7cc56)cc4)c3)cc3ccccc3c2CC1. The van der Waals surface area contributed by atoms with Crippen molar-refractivity contribution >= 4 is 109 Å². The number of hydrogen-bond donors (Lipinski definition) is 0. The van der Waals surface area contributed by atoms with E-state index < -0.39 is 0 Å². The minimum Gasteiger partial charge on any atom is -0.456 e. The average molecular weight is 874 g/mol. The van der Waals surface area contributed by atoms with Crippen molar-refractivity contribution < 1.29 is 4.42 Å². The Kier molecular flexibility index (Phi) is 8.75. The molecule has 0 amide bonds. The van der Waals surface area contributed by atoms with Gasteiger partial charge in [0.05, 0.1) is 0 Å². The predicted molar refractivity (Wildman–Crippen MR) is 288 cm³/mol. The van der Waals surface area contributed by atoms with E-state index in [2.05, 4.69) is 217 Å². The first-order chi connectivity index (χ1) is 33.2. The van der Waals surface area contributed by atoms with Crippen LogP contribution in [0.3, 0.4) is 0 Å². The predicted octanol–water partition coefficient (Wildman–Crippen LogP) is 18.6. The van der Waals surface area contributed by atoms with Crippen molar-refractivity contribution in [3.8, 4) is 22.3 Å². The molecule has 0 unspecified atom stereocenters. The van der Waals surface area contributed by atoms with E-state index >= 15 is 0 Å². The Morgan fingerprint density at radius 1 is 0.433 bits per heavy atom. The van der Waals surface area contributed by atoms with Crippen LogP contribution in [0.1, 0.15) is 36.0 Å². The molecule has 2 aromatic heterocycles. The third kappa shape index (κ3) is 6.37. The van der Waals surface area contributed by atoms with Crippen molar-refractivity contribution in [1.29, 1.82) is 0 Å². The fraction of sp³-hybridized carbons (Fsp3) is 0.0625. The Hall–Kier alpha value is -7.98. The summed E-state index contributed by atoms with van der Waals surface area (Å²) in [5, 5.41) is 12.7. The summed E-state index contributed by atoms with van der Waals surface area (Å²) in [5.41, 5.74) is 15.7. The van der Waals surface area contributed by atoms with E-state index in [1.807, 2.05) is 11.3 Å². The number of nitrogens with zero attached hydrogens (tertiary/aromatic N) is 1. The molecule has 316 valence electrons. The van der Waals surface area contributed by atoms with Crippen molar-refractivity contribution in [2.75, 3.05) is 4.90 Å². The highest BCUT2D eigenvalue weighted by atomic mass is 32.1. The first kappa shape index (κ1) is 38.3. The van der Waals surface area contributed by atoms with Gasteiger partial charge in [-0.05, 0) is 175 Å². The van der Waals surface area contributed by atoms with E-state index in [1.165, 1.54) is 91.6 Å². The van der Waals surface area contributed by atoms with Crippen LogP contribution in [-0.2, 0) is 6.42 Å². The molecule has 14 rings (SSSR count).